The summed E-state index contributed by atoms with van der Waals surface area (Å²) in [6.07, 6.45) is 8.27. The molecule has 2 unspecified atom stereocenters. The van der Waals surface area contributed by atoms with Gasteiger partial charge in [0.15, 0.2) is 0 Å². The summed E-state index contributed by atoms with van der Waals surface area (Å²) in [6, 6.07) is 6.14. The minimum atomic E-state index is 0.154. The maximum atomic E-state index is 6.22. The standard InChI is InChI=1S/C18H31N3/c1-15(2)16-7-6-10-18(14-19,11-9-16)21(3)13-17-8-4-5-12-20-17/h4-5,8,12,15-16H,6-7,9-11,13-14,19H2,1-3H3. The van der Waals surface area contributed by atoms with Gasteiger partial charge in [-0.25, -0.2) is 0 Å². The summed E-state index contributed by atoms with van der Waals surface area (Å²) in [5.74, 6) is 1.65. The molecule has 0 radical (unpaired) electrons. The summed E-state index contributed by atoms with van der Waals surface area (Å²) in [7, 11) is 2.22. The van der Waals surface area contributed by atoms with Gasteiger partial charge in [0.1, 0.15) is 0 Å². The fourth-order valence-electron chi connectivity index (χ4n) is 3.73. The first-order valence-corrected chi connectivity index (χ1v) is 8.38. The molecule has 1 aliphatic carbocycles. The van der Waals surface area contributed by atoms with E-state index in [-0.39, 0.29) is 5.54 Å². The third-order valence-corrected chi connectivity index (χ3v) is 5.46. The van der Waals surface area contributed by atoms with Crippen molar-refractivity contribution in [2.24, 2.45) is 17.6 Å². The smallest absolute Gasteiger partial charge is 0.0544 e. The lowest BCUT2D eigenvalue weighted by molar-refractivity contribution is 0.0962. The summed E-state index contributed by atoms with van der Waals surface area (Å²) in [6.45, 7) is 6.36. The van der Waals surface area contributed by atoms with E-state index >= 15 is 0 Å². The number of likely N-dealkylation sites (N-methyl/N-ethyl adjacent to an activating group) is 1. The highest BCUT2D eigenvalue weighted by atomic mass is 15.2. The molecule has 1 saturated carbocycles. The zero-order chi connectivity index (χ0) is 15.3. The molecule has 3 heteroatoms. The van der Waals surface area contributed by atoms with Crippen molar-refractivity contribution in [3.8, 4) is 0 Å². The number of hydrogen-bond donors (Lipinski definition) is 1. The Kier molecular flexibility index (Phi) is 5.77. The van der Waals surface area contributed by atoms with E-state index in [2.05, 4.69) is 42.9 Å². The molecule has 1 aromatic rings. The van der Waals surface area contributed by atoms with E-state index in [1.807, 2.05) is 12.3 Å². The molecule has 1 fully saturated rings. The Morgan fingerprint density at radius 2 is 2.14 bits per heavy atom. The van der Waals surface area contributed by atoms with E-state index in [0.717, 1.165) is 30.6 Å². The van der Waals surface area contributed by atoms with Crippen LogP contribution in [0.1, 0.15) is 51.6 Å². The van der Waals surface area contributed by atoms with Crippen LogP contribution in [0.5, 0.6) is 0 Å². The van der Waals surface area contributed by atoms with Crippen molar-refractivity contribution in [2.75, 3.05) is 13.6 Å². The van der Waals surface area contributed by atoms with Crippen LogP contribution < -0.4 is 5.73 Å². The molecule has 0 bridgehead atoms. The molecular weight excluding hydrogens is 258 g/mol. The first-order valence-electron chi connectivity index (χ1n) is 8.38. The lowest BCUT2D eigenvalue weighted by Crippen LogP contribution is -2.51. The fourth-order valence-corrected chi connectivity index (χ4v) is 3.73. The Labute approximate surface area is 129 Å². The third-order valence-electron chi connectivity index (χ3n) is 5.46. The monoisotopic (exact) mass is 289 g/mol. The first-order chi connectivity index (χ1) is 10.1. The van der Waals surface area contributed by atoms with E-state index in [9.17, 15) is 0 Å². The zero-order valence-corrected chi connectivity index (χ0v) is 13.9. The Bertz CT molecular complexity index is 418. The van der Waals surface area contributed by atoms with Crippen molar-refractivity contribution in [1.29, 1.82) is 0 Å². The predicted molar refractivity (Wildman–Crippen MR) is 88.9 cm³/mol. The van der Waals surface area contributed by atoms with Crippen molar-refractivity contribution in [2.45, 2.75) is 58.0 Å². The van der Waals surface area contributed by atoms with Gasteiger partial charge in [-0.1, -0.05) is 32.8 Å². The SMILES string of the molecule is CC(C)C1CCCC(CN)(N(C)Cc2ccccn2)CC1. The number of pyridine rings is 1. The second-order valence-corrected chi connectivity index (χ2v) is 7.04. The zero-order valence-electron chi connectivity index (χ0n) is 13.9. The summed E-state index contributed by atoms with van der Waals surface area (Å²) in [4.78, 5) is 6.92. The van der Waals surface area contributed by atoms with E-state index in [1.54, 1.807) is 0 Å². The maximum absolute atomic E-state index is 6.22. The molecule has 2 N–H and O–H groups in total. The van der Waals surface area contributed by atoms with Crippen molar-refractivity contribution >= 4 is 0 Å². The Morgan fingerprint density at radius 1 is 1.33 bits per heavy atom. The predicted octanol–water partition coefficient (Wildman–Crippen LogP) is 3.45. The molecular formula is C18H31N3. The minimum Gasteiger partial charge on any atom is -0.329 e. The Hall–Kier alpha value is -0.930. The summed E-state index contributed by atoms with van der Waals surface area (Å²) < 4.78 is 0. The van der Waals surface area contributed by atoms with Crippen LogP contribution >= 0.6 is 0 Å². The topological polar surface area (TPSA) is 42.1 Å². The number of aromatic nitrogens is 1. The maximum Gasteiger partial charge on any atom is 0.0544 e. The molecule has 1 heterocycles. The highest BCUT2D eigenvalue weighted by Gasteiger charge is 2.36. The van der Waals surface area contributed by atoms with E-state index in [0.29, 0.717) is 0 Å². The van der Waals surface area contributed by atoms with Crippen LogP contribution in [0.3, 0.4) is 0 Å². The van der Waals surface area contributed by atoms with Crippen LogP contribution in [-0.4, -0.2) is 29.0 Å². The van der Waals surface area contributed by atoms with Crippen molar-refractivity contribution in [3.63, 3.8) is 0 Å². The fraction of sp³-hybridized carbons (Fsp3) is 0.722. The van der Waals surface area contributed by atoms with Gasteiger partial charge in [-0.2, -0.15) is 0 Å². The summed E-state index contributed by atoms with van der Waals surface area (Å²) in [5, 5.41) is 0. The average Bonchev–Trinajstić information content (AvgIpc) is 2.71. The molecule has 0 aromatic carbocycles. The minimum absolute atomic E-state index is 0.154. The van der Waals surface area contributed by atoms with Crippen LogP contribution in [-0.2, 0) is 6.54 Å². The molecule has 2 rings (SSSR count). The second kappa shape index (κ2) is 7.37. The molecule has 2 atom stereocenters. The van der Waals surface area contributed by atoms with Gasteiger partial charge < -0.3 is 5.73 Å². The van der Waals surface area contributed by atoms with Gasteiger partial charge in [0.25, 0.3) is 0 Å². The van der Waals surface area contributed by atoms with Gasteiger partial charge in [0.05, 0.1) is 5.69 Å². The van der Waals surface area contributed by atoms with Gasteiger partial charge in [-0.3, -0.25) is 9.88 Å². The molecule has 1 aromatic heterocycles. The third kappa shape index (κ3) is 4.04. The van der Waals surface area contributed by atoms with Crippen LogP contribution in [0.4, 0.5) is 0 Å². The van der Waals surface area contributed by atoms with Gasteiger partial charge in [0, 0.05) is 24.8 Å². The highest BCUT2D eigenvalue weighted by Crippen LogP contribution is 2.36. The molecule has 1 aliphatic rings. The van der Waals surface area contributed by atoms with Gasteiger partial charge in [-0.15, -0.1) is 0 Å². The van der Waals surface area contributed by atoms with Gasteiger partial charge in [0.2, 0.25) is 0 Å². The number of hydrogen-bond acceptors (Lipinski definition) is 3. The lowest BCUT2D eigenvalue weighted by atomic mass is 9.85. The second-order valence-electron chi connectivity index (χ2n) is 7.04. The lowest BCUT2D eigenvalue weighted by Gasteiger charge is -2.41. The molecule has 3 nitrogen and oxygen atoms in total. The first kappa shape index (κ1) is 16.4. The number of nitrogens with two attached hydrogens (primary N) is 1. The molecule has 21 heavy (non-hydrogen) atoms. The molecule has 0 saturated heterocycles. The van der Waals surface area contributed by atoms with Crippen LogP contribution in [0.2, 0.25) is 0 Å². The highest BCUT2D eigenvalue weighted by molar-refractivity contribution is 5.05. The largest absolute Gasteiger partial charge is 0.329 e. The average molecular weight is 289 g/mol. The number of nitrogens with zero attached hydrogens (tertiary/aromatic N) is 2. The normalized spacial score (nSPS) is 27.0. The number of rotatable bonds is 5. The quantitative estimate of drug-likeness (QED) is 0.844. The van der Waals surface area contributed by atoms with Crippen molar-refractivity contribution in [1.82, 2.24) is 9.88 Å². The van der Waals surface area contributed by atoms with Crippen LogP contribution in [0.15, 0.2) is 24.4 Å². The van der Waals surface area contributed by atoms with E-state index < -0.39 is 0 Å². The molecule has 0 spiro atoms. The molecule has 0 aliphatic heterocycles. The van der Waals surface area contributed by atoms with Gasteiger partial charge >= 0.3 is 0 Å². The van der Waals surface area contributed by atoms with Crippen molar-refractivity contribution < 1.29 is 0 Å². The molecule has 0 amide bonds. The van der Waals surface area contributed by atoms with Crippen molar-refractivity contribution in [3.05, 3.63) is 30.1 Å². The van der Waals surface area contributed by atoms with Crippen LogP contribution in [0, 0.1) is 11.8 Å². The van der Waals surface area contributed by atoms with Crippen LogP contribution in [0.25, 0.3) is 0 Å². The Morgan fingerprint density at radius 3 is 2.76 bits per heavy atom. The molecule has 118 valence electrons. The summed E-state index contributed by atoms with van der Waals surface area (Å²) in [5.41, 5.74) is 7.51. The van der Waals surface area contributed by atoms with Gasteiger partial charge in [-0.05, 0) is 50.3 Å². The van der Waals surface area contributed by atoms with E-state index in [1.165, 1.54) is 32.1 Å². The summed E-state index contributed by atoms with van der Waals surface area (Å²) >= 11 is 0. The Balaban J connectivity index is 2.06. The van der Waals surface area contributed by atoms with E-state index in [4.69, 9.17) is 5.73 Å².